The van der Waals surface area contributed by atoms with Gasteiger partial charge in [-0.2, -0.15) is 5.26 Å². The van der Waals surface area contributed by atoms with Gasteiger partial charge < -0.3 is 14.2 Å². The molecule has 0 spiro atoms. The van der Waals surface area contributed by atoms with Crippen LogP contribution in [-0.2, 0) is 14.2 Å². The van der Waals surface area contributed by atoms with Crippen molar-refractivity contribution in [3.8, 4) is 6.07 Å². The molecule has 4 nitrogen and oxygen atoms in total. The third-order valence-electron chi connectivity index (χ3n) is 3.85. The first-order valence-corrected chi connectivity index (χ1v) is 7.73. The van der Waals surface area contributed by atoms with Gasteiger partial charge in [0.25, 0.3) is 5.97 Å². The fraction of sp³-hybridized carbons (Fsp3) is 0.938. The molecule has 0 aromatic heterocycles. The normalized spacial score (nSPS) is 13.2. The maximum atomic E-state index is 8.68. The number of nitrogens with zero attached hydrogens (tertiary/aromatic N) is 1. The van der Waals surface area contributed by atoms with Crippen LogP contribution in [0.5, 0.6) is 0 Å². The highest BCUT2D eigenvalue weighted by Crippen LogP contribution is 2.32. The SMILES string of the molecule is CCCCCCCC(CCCC#N)C(OC)(OC)OC. The predicted molar refractivity (Wildman–Crippen MR) is 80.1 cm³/mol. The molecule has 0 radical (unpaired) electrons. The molecule has 4 heteroatoms. The first-order valence-electron chi connectivity index (χ1n) is 7.73. The van der Waals surface area contributed by atoms with Crippen molar-refractivity contribution in [1.29, 1.82) is 5.26 Å². The molecular formula is C16H31NO3. The van der Waals surface area contributed by atoms with E-state index in [1.807, 2.05) is 0 Å². The molecule has 0 heterocycles. The highest BCUT2D eigenvalue weighted by atomic mass is 16.9. The van der Waals surface area contributed by atoms with Crippen LogP contribution in [0.25, 0.3) is 0 Å². The number of hydrogen-bond acceptors (Lipinski definition) is 4. The average molecular weight is 285 g/mol. The van der Waals surface area contributed by atoms with E-state index >= 15 is 0 Å². The molecule has 0 bridgehead atoms. The van der Waals surface area contributed by atoms with E-state index in [0.717, 1.165) is 25.7 Å². The van der Waals surface area contributed by atoms with Crippen LogP contribution in [0.2, 0.25) is 0 Å². The molecule has 0 aromatic carbocycles. The zero-order valence-corrected chi connectivity index (χ0v) is 13.6. The maximum Gasteiger partial charge on any atom is 0.285 e. The Hall–Kier alpha value is -0.630. The summed E-state index contributed by atoms with van der Waals surface area (Å²) in [6.07, 6.45) is 9.52. The van der Waals surface area contributed by atoms with E-state index in [9.17, 15) is 0 Å². The van der Waals surface area contributed by atoms with Crippen LogP contribution in [0.15, 0.2) is 0 Å². The molecule has 1 unspecified atom stereocenters. The topological polar surface area (TPSA) is 51.5 Å². The molecule has 1 atom stereocenters. The number of rotatable bonds is 13. The highest BCUT2D eigenvalue weighted by Gasteiger charge is 2.39. The molecule has 0 fully saturated rings. The smallest absolute Gasteiger partial charge is 0.285 e. The van der Waals surface area contributed by atoms with E-state index in [4.69, 9.17) is 19.5 Å². The van der Waals surface area contributed by atoms with Crippen molar-refractivity contribution in [3.05, 3.63) is 0 Å². The van der Waals surface area contributed by atoms with Crippen LogP contribution in [0.4, 0.5) is 0 Å². The minimum absolute atomic E-state index is 0.164. The molecule has 0 aliphatic heterocycles. The van der Waals surface area contributed by atoms with E-state index in [1.165, 1.54) is 25.7 Å². The number of ether oxygens (including phenoxy) is 3. The quantitative estimate of drug-likeness (QED) is 0.375. The summed E-state index contributed by atoms with van der Waals surface area (Å²) in [6.45, 7) is 2.22. The van der Waals surface area contributed by atoms with Crippen molar-refractivity contribution >= 4 is 0 Å². The Morgan fingerprint density at radius 3 is 1.95 bits per heavy atom. The van der Waals surface area contributed by atoms with Gasteiger partial charge in [-0.05, 0) is 19.3 Å². The zero-order valence-electron chi connectivity index (χ0n) is 13.6. The van der Waals surface area contributed by atoms with Crippen molar-refractivity contribution in [2.75, 3.05) is 21.3 Å². The fourth-order valence-electron chi connectivity index (χ4n) is 2.67. The number of hydrogen-bond donors (Lipinski definition) is 0. The van der Waals surface area contributed by atoms with Gasteiger partial charge in [-0.25, -0.2) is 0 Å². The third-order valence-corrected chi connectivity index (χ3v) is 3.85. The summed E-state index contributed by atoms with van der Waals surface area (Å²) < 4.78 is 16.4. The van der Waals surface area contributed by atoms with Crippen molar-refractivity contribution in [1.82, 2.24) is 0 Å². The summed E-state index contributed by atoms with van der Waals surface area (Å²) in [5.41, 5.74) is 0. The van der Waals surface area contributed by atoms with E-state index < -0.39 is 5.97 Å². The van der Waals surface area contributed by atoms with Crippen molar-refractivity contribution in [3.63, 3.8) is 0 Å². The van der Waals surface area contributed by atoms with E-state index in [0.29, 0.717) is 6.42 Å². The standard InChI is InChI=1S/C16H31NO3/c1-5-6-7-8-9-12-15(13-10-11-14-17)16(18-2,19-3)20-4/h15H,5-13H2,1-4H3. The van der Waals surface area contributed by atoms with Crippen LogP contribution in [0, 0.1) is 17.2 Å². The Bertz CT molecular complexity index is 251. The van der Waals surface area contributed by atoms with Crippen LogP contribution in [0.3, 0.4) is 0 Å². The van der Waals surface area contributed by atoms with Gasteiger partial charge in [0.05, 0.1) is 6.07 Å². The number of unbranched alkanes of at least 4 members (excludes halogenated alkanes) is 5. The molecule has 0 aliphatic rings. The first kappa shape index (κ1) is 19.4. The van der Waals surface area contributed by atoms with Gasteiger partial charge in [-0.1, -0.05) is 39.0 Å². The van der Waals surface area contributed by atoms with E-state index in [-0.39, 0.29) is 5.92 Å². The predicted octanol–water partition coefficient (Wildman–Crippen LogP) is 4.25. The summed E-state index contributed by atoms with van der Waals surface area (Å²) in [4.78, 5) is 0. The monoisotopic (exact) mass is 285 g/mol. The van der Waals surface area contributed by atoms with Crippen LogP contribution < -0.4 is 0 Å². The molecule has 0 amide bonds. The Morgan fingerprint density at radius 1 is 0.900 bits per heavy atom. The minimum Gasteiger partial charge on any atom is -0.331 e. The van der Waals surface area contributed by atoms with Gasteiger partial charge in [0.2, 0.25) is 0 Å². The largest absolute Gasteiger partial charge is 0.331 e. The van der Waals surface area contributed by atoms with Crippen molar-refractivity contribution < 1.29 is 14.2 Å². The van der Waals surface area contributed by atoms with Crippen molar-refractivity contribution in [2.45, 2.75) is 70.7 Å². The van der Waals surface area contributed by atoms with Gasteiger partial charge >= 0.3 is 0 Å². The summed E-state index contributed by atoms with van der Waals surface area (Å²) in [7, 11) is 4.84. The Labute approximate surface area is 124 Å². The lowest BCUT2D eigenvalue weighted by Crippen LogP contribution is -2.44. The van der Waals surface area contributed by atoms with Crippen LogP contribution >= 0.6 is 0 Å². The number of methoxy groups -OCH3 is 3. The average Bonchev–Trinajstić information content (AvgIpc) is 2.48. The lowest BCUT2D eigenvalue weighted by atomic mass is 9.92. The highest BCUT2D eigenvalue weighted by molar-refractivity contribution is 4.75. The summed E-state index contributed by atoms with van der Waals surface area (Å²) >= 11 is 0. The second kappa shape index (κ2) is 12.1. The molecule has 0 N–H and O–H groups in total. The lowest BCUT2D eigenvalue weighted by Gasteiger charge is -2.36. The molecule has 0 saturated heterocycles. The molecular weight excluding hydrogens is 254 g/mol. The van der Waals surface area contributed by atoms with Crippen LogP contribution in [-0.4, -0.2) is 27.3 Å². The van der Waals surface area contributed by atoms with Gasteiger partial charge in [0.15, 0.2) is 0 Å². The van der Waals surface area contributed by atoms with Gasteiger partial charge in [-0.3, -0.25) is 0 Å². The summed E-state index contributed by atoms with van der Waals surface area (Å²) in [5, 5.41) is 8.68. The summed E-state index contributed by atoms with van der Waals surface area (Å²) in [5.74, 6) is -0.808. The van der Waals surface area contributed by atoms with Gasteiger partial charge in [0, 0.05) is 33.7 Å². The Balaban J connectivity index is 4.42. The second-order valence-electron chi connectivity index (χ2n) is 5.17. The summed E-state index contributed by atoms with van der Waals surface area (Å²) in [6, 6.07) is 2.19. The lowest BCUT2D eigenvalue weighted by molar-refractivity contribution is -0.380. The van der Waals surface area contributed by atoms with Crippen LogP contribution in [0.1, 0.15) is 64.7 Å². The maximum absolute atomic E-state index is 8.68. The molecule has 20 heavy (non-hydrogen) atoms. The Morgan fingerprint density at radius 2 is 1.45 bits per heavy atom. The van der Waals surface area contributed by atoms with E-state index in [2.05, 4.69) is 13.0 Å². The molecule has 0 aliphatic carbocycles. The Kier molecular flexibility index (Phi) is 11.8. The molecule has 0 rings (SSSR count). The number of nitriles is 1. The van der Waals surface area contributed by atoms with Gasteiger partial charge in [0.1, 0.15) is 0 Å². The minimum atomic E-state index is -0.972. The molecule has 118 valence electrons. The van der Waals surface area contributed by atoms with Crippen molar-refractivity contribution in [2.24, 2.45) is 5.92 Å². The second-order valence-corrected chi connectivity index (χ2v) is 5.17. The van der Waals surface area contributed by atoms with E-state index in [1.54, 1.807) is 21.3 Å². The molecule has 0 aromatic rings. The zero-order chi connectivity index (χ0) is 15.3. The van der Waals surface area contributed by atoms with Gasteiger partial charge in [-0.15, -0.1) is 0 Å². The fourth-order valence-corrected chi connectivity index (χ4v) is 2.67. The first-order chi connectivity index (χ1) is 9.70. The molecule has 0 saturated carbocycles. The third kappa shape index (κ3) is 6.69.